The van der Waals surface area contributed by atoms with Crippen molar-refractivity contribution in [1.82, 2.24) is 15.3 Å². The van der Waals surface area contributed by atoms with Gasteiger partial charge in [-0.15, -0.1) is 0 Å². The number of hydrogen-bond acceptors (Lipinski definition) is 4. The van der Waals surface area contributed by atoms with Crippen LogP contribution in [0.25, 0.3) is 0 Å². The molecule has 0 amide bonds. The Balaban J connectivity index is 2.32. The van der Waals surface area contributed by atoms with E-state index in [9.17, 15) is 4.79 Å². The number of hydrogen-bond donors (Lipinski definition) is 2. The van der Waals surface area contributed by atoms with Gasteiger partial charge in [-0.05, 0) is 25.8 Å². The van der Waals surface area contributed by atoms with Gasteiger partial charge < -0.3 is 10.2 Å². The third kappa shape index (κ3) is 2.72. The molecule has 0 aliphatic carbocycles. The van der Waals surface area contributed by atoms with Gasteiger partial charge in [-0.1, -0.05) is 13.8 Å². The SMILES string of the molecule is Cc1nc(N2CCCNCC2)[nH]c(=O)c1C(C)C. The Labute approximate surface area is 108 Å². The number of rotatable bonds is 2. The van der Waals surface area contributed by atoms with Crippen LogP contribution in [-0.4, -0.2) is 36.1 Å². The zero-order valence-corrected chi connectivity index (χ0v) is 11.4. The van der Waals surface area contributed by atoms with Gasteiger partial charge in [-0.3, -0.25) is 9.78 Å². The van der Waals surface area contributed by atoms with E-state index < -0.39 is 0 Å². The number of H-pyrrole nitrogens is 1. The van der Waals surface area contributed by atoms with E-state index in [1.54, 1.807) is 0 Å². The van der Waals surface area contributed by atoms with E-state index in [-0.39, 0.29) is 11.5 Å². The van der Waals surface area contributed by atoms with Crippen molar-refractivity contribution in [2.45, 2.75) is 33.1 Å². The summed E-state index contributed by atoms with van der Waals surface area (Å²) in [6.07, 6.45) is 1.08. The zero-order valence-electron chi connectivity index (χ0n) is 11.4. The minimum atomic E-state index is 0.00436. The molecule has 1 fully saturated rings. The molecule has 1 saturated heterocycles. The Bertz CT molecular complexity index is 459. The molecule has 0 saturated carbocycles. The number of aromatic nitrogens is 2. The van der Waals surface area contributed by atoms with Crippen LogP contribution in [0, 0.1) is 6.92 Å². The van der Waals surface area contributed by atoms with Gasteiger partial charge >= 0.3 is 0 Å². The zero-order chi connectivity index (χ0) is 13.1. The molecule has 1 aliphatic rings. The van der Waals surface area contributed by atoms with Gasteiger partial charge in [0.15, 0.2) is 0 Å². The van der Waals surface area contributed by atoms with Crippen LogP contribution in [0.4, 0.5) is 5.95 Å². The van der Waals surface area contributed by atoms with E-state index in [0.29, 0.717) is 5.95 Å². The highest BCUT2D eigenvalue weighted by molar-refractivity contribution is 5.34. The van der Waals surface area contributed by atoms with E-state index in [4.69, 9.17) is 0 Å². The second-order valence-electron chi connectivity index (χ2n) is 5.13. The highest BCUT2D eigenvalue weighted by atomic mass is 16.1. The van der Waals surface area contributed by atoms with Gasteiger partial charge in [0, 0.05) is 25.2 Å². The monoisotopic (exact) mass is 250 g/mol. The topological polar surface area (TPSA) is 61.0 Å². The van der Waals surface area contributed by atoms with Crippen molar-refractivity contribution in [1.29, 1.82) is 0 Å². The first-order chi connectivity index (χ1) is 8.59. The van der Waals surface area contributed by atoms with Crippen molar-refractivity contribution in [3.8, 4) is 0 Å². The second-order valence-corrected chi connectivity index (χ2v) is 5.13. The summed E-state index contributed by atoms with van der Waals surface area (Å²) < 4.78 is 0. The number of aromatic amines is 1. The number of nitrogens with zero attached hydrogens (tertiary/aromatic N) is 2. The summed E-state index contributed by atoms with van der Waals surface area (Å²) in [7, 11) is 0. The minimum Gasteiger partial charge on any atom is -0.341 e. The quantitative estimate of drug-likeness (QED) is 0.822. The van der Waals surface area contributed by atoms with Crippen LogP contribution in [-0.2, 0) is 0 Å². The first-order valence-corrected chi connectivity index (χ1v) is 6.66. The second kappa shape index (κ2) is 5.52. The van der Waals surface area contributed by atoms with Crippen LogP contribution in [0.1, 0.15) is 37.4 Å². The van der Waals surface area contributed by atoms with Crippen LogP contribution >= 0.6 is 0 Å². The highest BCUT2D eigenvalue weighted by Gasteiger charge is 2.16. The van der Waals surface area contributed by atoms with Gasteiger partial charge in [0.25, 0.3) is 5.56 Å². The van der Waals surface area contributed by atoms with E-state index in [1.165, 1.54) is 0 Å². The van der Waals surface area contributed by atoms with Crippen molar-refractivity contribution >= 4 is 5.95 Å². The molecule has 0 radical (unpaired) electrons. The van der Waals surface area contributed by atoms with Crippen molar-refractivity contribution in [3.05, 3.63) is 21.6 Å². The molecule has 5 heteroatoms. The molecule has 5 nitrogen and oxygen atoms in total. The smallest absolute Gasteiger partial charge is 0.255 e. The van der Waals surface area contributed by atoms with Crippen molar-refractivity contribution in [2.75, 3.05) is 31.1 Å². The highest BCUT2D eigenvalue weighted by Crippen LogP contribution is 2.15. The van der Waals surface area contributed by atoms with Gasteiger partial charge in [0.2, 0.25) is 5.95 Å². The Kier molecular flexibility index (Phi) is 4.01. The van der Waals surface area contributed by atoms with Crippen LogP contribution in [0.15, 0.2) is 4.79 Å². The molecular weight excluding hydrogens is 228 g/mol. The van der Waals surface area contributed by atoms with Crippen LogP contribution in [0.2, 0.25) is 0 Å². The molecule has 0 spiro atoms. The van der Waals surface area contributed by atoms with Gasteiger partial charge in [0.05, 0.1) is 5.69 Å². The minimum absolute atomic E-state index is 0.00436. The van der Waals surface area contributed by atoms with Gasteiger partial charge in [-0.2, -0.15) is 0 Å². The molecule has 2 heterocycles. The lowest BCUT2D eigenvalue weighted by atomic mass is 10.0. The summed E-state index contributed by atoms with van der Waals surface area (Å²) in [6.45, 7) is 9.77. The van der Waals surface area contributed by atoms with Crippen molar-refractivity contribution in [2.24, 2.45) is 0 Å². The largest absolute Gasteiger partial charge is 0.341 e. The van der Waals surface area contributed by atoms with Crippen LogP contribution in [0.5, 0.6) is 0 Å². The predicted octanol–water partition coefficient (Wildman–Crippen LogP) is 1.00. The molecule has 100 valence electrons. The number of nitrogens with one attached hydrogen (secondary N) is 2. The fourth-order valence-electron chi connectivity index (χ4n) is 2.47. The lowest BCUT2D eigenvalue weighted by Gasteiger charge is -2.21. The van der Waals surface area contributed by atoms with Crippen molar-refractivity contribution in [3.63, 3.8) is 0 Å². The Morgan fingerprint density at radius 2 is 2.06 bits per heavy atom. The normalized spacial score (nSPS) is 17.0. The molecular formula is C13H22N4O. The molecule has 0 unspecified atom stereocenters. The molecule has 1 aromatic rings. The summed E-state index contributed by atoms with van der Waals surface area (Å²) in [4.78, 5) is 21.7. The molecule has 2 N–H and O–H groups in total. The molecule has 0 bridgehead atoms. The average Bonchev–Trinajstić information content (AvgIpc) is 2.55. The summed E-state index contributed by atoms with van der Waals surface area (Å²) in [5, 5.41) is 3.34. The third-order valence-electron chi connectivity index (χ3n) is 3.35. The lowest BCUT2D eigenvalue weighted by Crippen LogP contribution is -2.32. The van der Waals surface area contributed by atoms with E-state index >= 15 is 0 Å². The number of anilines is 1. The first kappa shape index (κ1) is 13.1. The summed E-state index contributed by atoms with van der Waals surface area (Å²) >= 11 is 0. The molecule has 1 aromatic heterocycles. The van der Waals surface area contributed by atoms with Crippen LogP contribution in [0.3, 0.4) is 0 Å². The average molecular weight is 250 g/mol. The summed E-state index contributed by atoms with van der Waals surface area (Å²) in [6, 6.07) is 0. The maximum atomic E-state index is 12.1. The first-order valence-electron chi connectivity index (χ1n) is 6.66. The summed E-state index contributed by atoms with van der Waals surface area (Å²) in [5.74, 6) is 0.923. The maximum Gasteiger partial charge on any atom is 0.255 e. The molecule has 0 aromatic carbocycles. The number of aryl methyl sites for hydroxylation is 1. The van der Waals surface area contributed by atoms with E-state index in [2.05, 4.69) is 20.2 Å². The fourth-order valence-corrected chi connectivity index (χ4v) is 2.47. The Morgan fingerprint density at radius 1 is 1.28 bits per heavy atom. The maximum absolute atomic E-state index is 12.1. The molecule has 18 heavy (non-hydrogen) atoms. The standard InChI is InChI=1S/C13H22N4O/c1-9(2)11-10(3)15-13(16-12(11)18)17-7-4-5-14-6-8-17/h9,14H,4-8H2,1-3H3,(H,15,16,18). The molecule has 1 aliphatic heterocycles. The van der Waals surface area contributed by atoms with E-state index in [1.807, 2.05) is 20.8 Å². The Hall–Kier alpha value is -1.36. The van der Waals surface area contributed by atoms with Crippen LogP contribution < -0.4 is 15.8 Å². The Morgan fingerprint density at radius 3 is 2.72 bits per heavy atom. The van der Waals surface area contributed by atoms with E-state index in [0.717, 1.165) is 43.9 Å². The lowest BCUT2D eigenvalue weighted by molar-refractivity contribution is 0.724. The predicted molar refractivity (Wildman–Crippen MR) is 73.4 cm³/mol. The molecule has 2 rings (SSSR count). The van der Waals surface area contributed by atoms with Gasteiger partial charge in [0.1, 0.15) is 0 Å². The third-order valence-corrected chi connectivity index (χ3v) is 3.35. The fraction of sp³-hybridized carbons (Fsp3) is 0.692. The van der Waals surface area contributed by atoms with Crippen molar-refractivity contribution < 1.29 is 0 Å². The van der Waals surface area contributed by atoms with Gasteiger partial charge in [-0.25, -0.2) is 4.98 Å². The summed E-state index contributed by atoms with van der Waals surface area (Å²) in [5.41, 5.74) is 1.65. The molecule has 0 atom stereocenters.